The summed E-state index contributed by atoms with van der Waals surface area (Å²) in [7, 11) is 1.67. The fourth-order valence-corrected chi connectivity index (χ4v) is 6.46. The summed E-state index contributed by atoms with van der Waals surface area (Å²) in [5, 5.41) is 12.1. The van der Waals surface area contributed by atoms with Crippen molar-refractivity contribution in [2.75, 3.05) is 19.4 Å². The van der Waals surface area contributed by atoms with E-state index in [1.165, 1.54) is 41.5 Å². The predicted octanol–water partition coefficient (Wildman–Crippen LogP) is 5.20. The third-order valence-electron chi connectivity index (χ3n) is 6.44. The highest BCUT2D eigenvalue weighted by Crippen LogP contribution is 2.36. The van der Waals surface area contributed by atoms with Gasteiger partial charge in [0.1, 0.15) is 5.75 Å². The third kappa shape index (κ3) is 4.43. The molecule has 3 heterocycles. The number of methoxy groups -OCH3 is 1. The van der Waals surface area contributed by atoms with E-state index in [0.29, 0.717) is 11.8 Å². The Labute approximate surface area is 197 Å². The van der Waals surface area contributed by atoms with Gasteiger partial charge in [0.25, 0.3) is 0 Å². The second kappa shape index (κ2) is 9.67. The van der Waals surface area contributed by atoms with Crippen molar-refractivity contribution in [2.24, 2.45) is 0 Å². The topological polar surface area (TPSA) is 60.3 Å². The Hall–Kier alpha value is -2.32. The molecule has 1 fully saturated rings. The van der Waals surface area contributed by atoms with Gasteiger partial charge < -0.3 is 9.64 Å². The number of hydrogen-bond acceptors (Lipinski definition) is 6. The van der Waals surface area contributed by atoms with Crippen molar-refractivity contribution in [2.45, 2.75) is 56.3 Å². The molecule has 2 aliphatic rings. The number of ether oxygens (including phenoxy) is 1. The number of carbonyl (C=O) groups excluding carboxylic acids is 1. The van der Waals surface area contributed by atoms with Gasteiger partial charge >= 0.3 is 0 Å². The number of nitrogens with zero attached hydrogens (tertiary/aromatic N) is 4. The molecule has 5 rings (SSSR count). The Morgan fingerprint density at radius 3 is 2.75 bits per heavy atom. The SMILES string of the molecule is COc1ccc(-c2nnc(SCC(=O)N3CCc4sccc4C3)n2C2CCCCC2)cc1. The van der Waals surface area contributed by atoms with E-state index >= 15 is 0 Å². The number of benzene rings is 1. The molecule has 0 bridgehead atoms. The summed E-state index contributed by atoms with van der Waals surface area (Å²) >= 11 is 3.32. The Bertz CT molecular complexity index is 1070. The largest absolute Gasteiger partial charge is 0.497 e. The fraction of sp³-hybridized carbons (Fsp3) is 0.458. The average molecular weight is 469 g/mol. The van der Waals surface area contributed by atoms with Gasteiger partial charge in [0.2, 0.25) is 5.91 Å². The van der Waals surface area contributed by atoms with Crippen molar-refractivity contribution in [3.05, 3.63) is 46.2 Å². The Balaban J connectivity index is 1.35. The smallest absolute Gasteiger partial charge is 0.233 e. The maximum Gasteiger partial charge on any atom is 0.233 e. The maximum atomic E-state index is 13.0. The van der Waals surface area contributed by atoms with Gasteiger partial charge in [0.15, 0.2) is 11.0 Å². The molecular formula is C24H28N4O2S2. The zero-order valence-electron chi connectivity index (χ0n) is 18.3. The minimum Gasteiger partial charge on any atom is -0.497 e. The van der Waals surface area contributed by atoms with Crippen molar-refractivity contribution >= 4 is 29.0 Å². The van der Waals surface area contributed by atoms with Crippen LogP contribution in [0.1, 0.15) is 48.6 Å². The minimum absolute atomic E-state index is 0.177. The average Bonchev–Trinajstić information content (AvgIpc) is 3.49. The van der Waals surface area contributed by atoms with Crippen LogP contribution in [0.25, 0.3) is 11.4 Å². The molecule has 0 saturated heterocycles. The monoisotopic (exact) mass is 468 g/mol. The fourth-order valence-electron chi connectivity index (χ4n) is 4.66. The van der Waals surface area contributed by atoms with Crippen LogP contribution in [0.3, 0.4) is 0 Å². The molecule has 168 valence electrons. The van der Waals surface area contributed by atoms with Gasteiger partial charge in [-0.15, -0.1) is 21.5 Å². The van der Waals surface area contributed by atoms with E-state index in [1.807, 2.05) is 29.2 Å². The molecule has 32 heavy (non-hydrogen) atoms. The zero-order chi connectivity index (χ0) is 21.9. The lowest BCUT2D eigenvalue weighted by Gasteiger charge is -2.27. The zero-order valence-corrected chi connectivity index (χ0v) is 20.0. The third-order valence-corrected chi connectivity index (χ3v) is 8.39. The number of thiophene rings is 1. The summed E-state index contributed by atoms with van der Waals surface area (Å²) < 4.78 is 7.59. The molecule has 0 N–H and O–H groups in total. The summed E-state index contributed by atoms with van der Waals surface area (Å²) in [6, 6.07) is 10.5. The van der Waals surface area contributed by atoms with Crippen LogP contribution in [-0.4, -0.2) is 45.0 Å². The number of hydrogen-bond donors (Lipinski definition) is 0. The standard InChI is InChI=1S/C24H28N4O2S2/c1-30-20-9-7-17(8-10-20)23-25-26-24(28(23)19-5-3-2-4-6-19)32-16-22(29)27-13-11-21-18(15-27)12-14-31-21/h7-10,12,14,19H,2-6,11,13,15-16H2,1H3. The number of aromatic nitrogens is 3. The normalized spacial score (nSPS) is 16.7. The van der Waals surface area contributed by atoms with Crippen molar-refractivity contribution in [3.8, 4) is 17.1 Å². The number of rotatable bonds is 6. The maximum absolute atomic E-state index is 13.0. The molecule has 8 heteroatoms. The highest BCUT2D eigenvalue weighted by Gasteiger charge is 2.26. The van der Waals surface area contributed by atoms with E-state index in [4.69, 9.17) is 4.74 Å². The first-order valence-electron chi connectivity index (χ1n) is 11.3. The van der Waals surface area contributed by atoms with Gasteiger partial charge in [-0.25, -0.2) is 0 Å². The lowest BCUT2D eigenvalue weighted by molar-refractivity contribution is -0.129. The van der Waals surface area contributed by atoms with Crippen LogP contribution in [0.2, 0.25) is 0 Å². The quantitative estimate of drug-likeness (QED) is 0.466. The number of carbonyl (C=O) groups is 1. The molecule has 1 aliphatic heterocycles. The van der Waals surface area contributed by atoms with Crippen LogP contribution in [0.4, 0.5) is 0 Å². The van der Waals surface area contributed by atoms with Crippen LogP contribution < -0.4 is 4.74 Å². The second-order valence-corrected chi connectivity index (χ2v) is 10.4. The Kier molecular flexibility index (Phi) is 6.50. The van der Waals surface area contributed by atoms with Crippen LogP contribution in [0, 0.1) is 0 Å². The summed E-state index contributed by atoms with van der Waals surface area (Å²) in [4.78, 5) is 16.4. The summed E-state index contributed by atoms with van der Waals surface area (Å²) in [5.74, 6) is 2.28. The number of amides is 1. The lowest BCUT2D eigenvalue weighted by Crippen LogP contribution is -2.36. The first-order chi connectivity index (χ1) is 15.7. The second-order valence-electron chi connectivity index (χ2n) is 8.42. The predicted molar refractivity (Wildman–Crippen MR) is 128 cm³/mol. The van der Waals surface area contributed by atoms with Crippen LogP contribution in [0.15, 0.2) is 40.9 Å². The number of thioether (sulfide) groups is 1. The molecule has 0 radical (unpaired) electrons. The molecule has 1 aromatic carbocycles. The van der Waals surface area contributed by atoms with E-state index in [-0.39, 0.29) is 5.91 Å². The molecule has 1 aliphatic carbocycles. The van der Waals surface area contributed by atoms with Gasteiger partial charge in [-0.3, -0.25) is 9.36 Å². The first kappa shape index (κ1) is 21.5. The van der Waals surface area contributed by atoms with Gasteiger partial charge in [-0.1, -0.05) is 31.0 Å². The highest BCUT2D eigenvalue weighted by molar-refractivity contribution is 7.99. The Morgan fingerprint density at radius 2 is 1.97 bits per heavy atom. The van der Waals surface area contributed by atoms with Crippen molar-refractivity contribution in [1.29, 1.82) is 0 Å². The van der Waals surface area contributed by atoms with E-state index < -0.39 is 0 Å². The summed E-state index contributed by atoms with van der Waals surface area (Å²) in [6.45, 7) is 1.53. The van der Waals surface area contributed by atoms with Crippen LogP contribution in [-0.2, 0) is 17.8 Å². The molecule has 3 aromatic rings. The molecule has 6 nitrogen and oxygen atoms in total. The van der Waals surface area contributed by atoms with E-state index in [1.54, 1.807) is 18.4 Å². The minimum atomic E-state index is 0.177. The van der Waals surface area contributed by atoms with Crippen molar-refractivity contribution in [1.82, 2.24) is 19.7 Å². The van der Waals surface area contributed by atoms with Crippen LogP contribution in [0.5, 0.6) is 5.75 Å². The lowest BCUT2D eigenvalue weighted by atomic mass is 9.95. The first-order valence-corrected chi connectivity index (χ1v) is 13.1. The molecule has 1 saturated carbocycles. The molecule has 0 unspecified atom stereocenters. The van der Waals surface area contributed by atoms with Gasteiger partial charge in [-0.05, 0) is 60.5 Å². The van der Waals surface area contributed by atoms with Gasteiger partial charge in [0, 0.05) is 29.6 Å². The van der Waals surface area contributed by atoms with E-state index in [0.717, 1.165) is 54.6 Å². The highest BCUT2D eigenvalue weighted by atomic mass is 32.2. The van der Waals surface area contributed by atoms with Gasteiger partial charge in [0.05, 0.1) is 12.9 Å². The molecule has 0 spiro atoms. The van der Waals surface area contributed by atoms with E-state index in [9.17, 15) is 4.79 Å². The summed E-state index contributed by atoms with van der Waals surface area (Å²) in [6.07, 6.45) is 6.97. The molecule has 1 amide bonds. The van der Waals surface area contributed by atoms with Crippen molar-refractivity contribution in [3.63, 3.8) is 0 Å². The molecule has 2 aromatic heterocycles. The van der Waals surface area contributed by atoms with Crippen LogP contribution >= 0.6 is 23.1 Å². The number of fused-ring (bicyclic) bond motifs is 1. The van der Waals surface area contributed by atoms with E-state index in [2.05, 4.69) is 26.2 Å². The van der Waals surface area contributed by atoms with Crippen molar-refractivity contribution < 1.29 is 9.53 Å². The Morgan fingerprint density at radius 1 is 1.16 bits per heavy atom. The molecular weight excluding hydrogens is 440 g/mol. The van der Waals surface area contributed by atoms with Gasteiger partial charge in [-0.2, -0.15) is 0 Å². The molecule has 0 atom stereocenters. The summed E-state index contributed by atoms with van der Waals surface area (Å²) in [5.41, 5.74) is 2.33.